The molecule has 0 spiro atoms. The van der Waals surface area contributed by atoms with Gasteiger partial charge in [-0.1, -0.05) is 19.7 Å². The smallest absolute Gasteiger partial charge is 0.246 e. The van der Waals surface area contributed by atoms with E-state index in [2.05, 4.69) is 35.7 Å². The maximum Gasteiger partial charge on any atom is 0.246 e. The molecule has 0 aromatic rings. The Morgan fingerprint density at radius 2 is 1.32 bits per heavy atom. The van der Waals surface area contributed by atoms with Gasteiger partial charge >= 0.3 is 0 Å². The zero-order valence-electron chi connectivity index (χ0n) is 10.8. The Hall–Kier alpha value is -2.37. The maximum absolute atomic E-state index is 11.5. The summed E-state index contributed by atoms with van der Waals surface area (Å²) in [6, 6.07) is 0. The lowest BCUT2D eigenvalue weighted by Gasteiger charge is -2.08. The first-order chi connectivity index (χ1) is 9.01. The molecule has 0 fully saturated rings. The van der Waals surface area contributed by atoms with Gasteiger partial charge in [-0.05, 0) is 18.6 Å². The van der Waals surface area contributed by atoms with E-state index in [9.17, 15) is 14.4 Å². The third kappa shape index (κ3) is 8.37. The molecule has 0 aliphatic rings. The van der Waals surface area contributed by atoms with Crippen LogP contribution in [0.15, 0.2) is 37.5 Å². The minimum Gasteiger partial charge on any atom is -0.352 e. The second-order valence-corrected chi connectivity index (χ2v) is 3.60. The predicted molar refractivity (Wildman–Crippen MR) is 73.2 cm³/mol. The Kier molecular flexibility index (Phi) is 8.44. The number of nitrogens with one attached hydrogen (secondary N) is 3. The molecule has 0 atom stereocenters. The van der Waals surface area contributed by atoms with Crippen LogP contribution in [0.5, 0.6) is 0 Å². The topological polar surface area (TPSA) is 87.3 Å². The summed E-state index contributed by atoms with van der Waals surface area (Å²) in [5.41, 5.74) is 0.361. The fraction of sp³-hybridized carbons (Fsp3) is 0.308. The van der Waals surface area contributed by atoms with Gasteiger partial charge in [-0.15, -0.1) is 0 Å². The summed E-state index contributed by atoms with van der Waals surface area (Å²) in [4.78, 5) is 33.2. The van der Waals surface area contributed by atoms with Crippen LogP contribution in [0.1, 0.15) is 6.42 Å². The molecule has 0 heterocycles. The monoisotopic (exact) mass is 265 g/mol. The van der Waals surface area contributed by atoms with Crippen LogP contribution in [0.25, 0.3) is 0 Å². The van der Waals surface area contributed by atoms with Gasteiger partial charge in [0.1, 0.15) is 0 Å². The number of amides is 3. The van der Waals surface area contributed by atoms with Gasteiger partial charge in [0, 0.05) is 25.2 Å². The van der Waals surface area contributed by atoms with Crippen LogP contribution in [0.3, 0.4) is 0 Å². The number of hydrogen-bond acceptors (Lipinski definition) is 3. The Balaban J connectivity index is 3.73. The van der Waals surface area contributed by atoms with Crippen LogP contribution in [0.2, 0.25) is 0 Å². The molecule has 104 valence electrons. The van der Waals surface area contributed by atoms with Crippen molar-refractivity contribution in [1.29, 1.82) is 0 Å². The lowest BCUT2D eigenvalue weighted by atomic mass is 10.2. The standard InChI is InChI=1S/C13H19N3O3/c1-4-11(17)14-7-6-10(3)13(19)16-9-8-15-12(18)5-2/h4-5H,1-3,6-9H2,(H,14,17)(H,15,18)(H,16,19). The number of rotatable bonds is 9. The third-order valence-electron chi connectivity index (χ3n) is 2.13. The number of hydrogen-bond donors (Lipinski definition) is 3. The minimum absolute atomic E-state index is 0.291. The van der Waals surface area contributed by atoms with E-state index >= 15 is 0 Å². The summed E-state index contributed by atoms with van der Waals surface area (Å²) in [6.07, 6.45) is 2.67. The molecule has 6 nitrogen and oxygen atoms in total. The van der Waals surface area contributed by atoms with Crippen LogP contribution >= 0.6 is 0 Å². The molecule has 0 aliphatic carbocycles. The molecule has 0 saturated heterocycles. The second-order valence-electron chi connectivity index (χ2n) is 3.60. The number of carbonyl (C=O) groups is 3. The van der Waals surface area contributed by atoms with Crippen molar-refractivity contribution in [1.82, 2.24) is 16.0 Å². The van der Waals surface area contributed by atoms with E-state index in [1.54, 1.807) is 0 Å². The van der Waals surface area contributed by atoms with Crippen molar-refractivity contribution >= 4 is 17.7 Å². The summed E-state index contributed by atoms with van der Waals surface area (Å²) >= 11 is 0. The molecular formula is C13H19N3O3. The molecule has 3 amide bonds. The van der Waals surface area contributed by atoms with Crippen LogP contribution < -0.4 is 16.0 Å². The van der Waals surface area contributed by atoms with E-state index in [1.807, 2.05) is 0 Å². The van der Waals surface area contributed by atoms with E-state index in [1.165, 1.54) is 0 Å². The molecule has 0 unspecified atom stereocenters. The quantitative estimate of drug-likeness (QED) is 0.393. The summed E-state index contributed by atoms with van der Waals surface area (Å²) in [5.74, 6) is -0.888. The van der Waals surface area contributed by atoms with Crippen molar-refractivity contribution in [3.05, 3.63) is 37.5 Å². The van der Waals surface area contributed by atoms with Crippen molar-refractivity contribution in [3.63, 3.8) is 0 Å². The third-order valence-corrected chi connectivity index (χ3v) is 2.13. The zero-order chi connectivity index (χ0) is 14.7. The highest BCUT2D eigenvalue weighted by atomic mass is 16.2. The van der Waals surface area contributed by atoms with Gasteiger partial charge in [0.05, 0.1) is 0 Å². The molecule has 19 heavy (non-hydrogen) atoms. The SMILES string of the molecule is C=CC(=O)NCCNC(=O)C(=C)CCNC(=O)C=C. The van der Waals surface area contributed by atoms with E-state index in [0.29, 0.717) is 31.6 Å². The first-order valence-corrected chi connectivity index (χ1v) is 5.77. The van der Waals surface area contributed by atoms with E-state index in [4.69, 9.17) is 0 Å². The average molecular weight is 265 g/mol. The maximum atomic E-state index is 11.5. The fourth-order valence-corrected chi connectivity index (χ4v) is 1.08. The average Bonchev–Trinajstić information content (AvgIpc) is 2.42. The molecule has 0 rings (SSSR count). The first kappa shape index (κ1) is 16.6. The van der Waals surface area contributed by atoms with E-state index in [-0.39, 0.29) is 17.7 Å². The van der Waals surface area contributed by atoms with Gasteiger partial charge in [0.15, 0.2) is 0 Å². The summed E-state index contributed by atoms with van der Waals surface area (Å²) in [7, 11) is 0. The van der Waals surface area contributed by atoms with Gasteiger partial charge in [0.2, 0.25) is 17.7 Å². The lowest BCUT2D eigenvalue weighted by molar-refractivity contribution is -0.119. The molecule has 0 aromatic carbocycles. The Labute approximate surface area is 112 Å². The molecule has 0 bridgehead atoms. The first-order valence-electron chi connectivity index (χ1n) is 5.77. The molecule has 0 aliphatic heterocycles. The van der Waals surface area contributed by atoms with Crippen LogP contribution in [-0.2, 0) is 14.4 Å². The normalized spacial score (nSPS) is 9.05. The van der Waals surface area contributed by atoms with Gasteiger partial charge in [0.25, 0.3) is 0 Å². The van der Waals surface area contributed by atoms with Gasteiger partial charge in [-0.2, -0.15) is 0 Å². The summed E-state index contributed by atoms with van der Waals surface area (Å²) in [6.45, 7) is 11.2. The molecule has 0 saturated carbocycles. The summed E-state index contributed by atoms with van der Waals surface area (Å²) < 4.78 is 0. The molecule has 6 heteroatoms. The number of carbonyl (C=O) groups excluding carboxylic acids is 3. The highest BCUT2D eigenvalue weighted by Crippen LogP contribution is 1.95. The van der Waals surface area contributed by atoms with Crippen LogP contribution in [-0.4, -0.2) is 37.4 Å². The fourth-order valence-electron chi connectivity index (χ4n) is 1.08. The van der Waals surface area contributed by atoms with E-state index in [0.717, 1.165) is 12.2 Å². The highest BCUT2D eigenvalue weighted by Gasteiger charge is 2.06. The van der Waals surface area contributed by atoms with Crippen molar-refractivity contribution in [3.8, 4) is 0 Å². The zero-order valence-corrected chi connectivity index (χ0v) is 10.8. The minimum atomic E-state index is -0.305. The molecular weight excluding hydrogens is 246 g/mol. The molecule has 0 radical (unpaired) electrons. The van der Waals surface area contributed by atoms with Crippen molar-refractivity contribution in [2.75, 3.05) is 19.6 Å². The van der Waals surface area contributed by atoms with Crippen LogP contribution in [0.4, 0.5) is 0 Å². The Bertz CT molecular complexity index is 389. The Morgan fingerprint density at radius 1 is 0.842 bits per heavy atom. The van der Waals surface area contributed by atoms with Crippen LogP contribution in [0, 0.1) is 0 Å². The predicted octanol–water partition coefficient (Wildman–Crippen LogP) is -0.347. The van der Waals surface area contributed by atoms with Crippen molar-refractivity contribution in [2.45, 2.75) is 6.42 Å². The highest BCUT2D eigenvalue weighted by molar-refractivity contribution is 5.93. The summed E-state index contributed by atoms with van der Waals surface area (Å²) in [5, 5.41) is 7.66. The largest absolute Gasteiger partial charge is 0.352 e. The van der Waals surface area contributed by atoms with Crippen molar-refractivity contribution < 1.29 is 14.4 Å². The molecule has 3 N–H and O–H groups in total. The van der Waals surface area contributed by atoms with Gasteiger partial charge in [-0.3, -0.25) is 14.4 Å². The Morgan fingerprint density at radius 3 is 1.84 bits per heavy atom. The van der Waals surface area contributed by atoms with Gasteiger partial charge in [-0.25, -0.2) is 0 Å². The van der Waals surface area contributed by atoms with Crippen molar-refractivity contribution in [2.24, 2.45) is 0 Å². The lowest BCUT2D eigenvalue weighted by Crippen LogP contribution is -2.35. The second kappa shape index (κ2) is 9.64. The van der Waals surface area contributed by atoms with E-state index < -0.39 is 0 Å². The van der Waals surface area contributed by atoms with Gasteiger partial charge < -0.3 is 16.0 Å². The molecule has 0 aromatic heterocycles.